The zero-order valence-corrected chi connectivity index (χ0v) is 16.7. The van der Waals surface area contributed by atoms with Crippen molar-refractivity contribution in [2.24, 2.45) is 0 Å². The van der Waals surface area contributed by atoms with Crippen molar-refractivity contribution in [3.8, 4) is 17.2 Å². The Morgan fingerprint density at radius 1 is 1.00 bits per heavy atom. The van der Waals surface area contributed by atoms with Crippen LogP contribution in [0.2, 0.25) is 0 Å². The third-order valence-electron chi connectivity index (χ3n) is 4.87. The standard InChI is InChI=1S/C24H24N2O4/c1-28-19-13-11-18(12-14-19)26-24(27)23(17-7-3-2-4-8-17)25-15-20-16-29-21-9-5-6-10-22(21)30-20/h2-14,20,23,25H,15-16H2,1H3,(H,26,27). The molecule has 3 aromatic rings. The molecule has 1 aliphatic rings. The van der Waals surface area contributed by atoms with Gasteiger partial charge in [-0.05, 0) is 42.0 Å². The lowest BCUT2D eigenvalue weighted by Gasteiger charge is -2.28. The average Bonchev–Trinajstić information content (AvgIpc) is 2.80. The molecular weight excluding hydrogens is 380 g/mol. The highest BCUT2D eigenvalue weighted by Gasteiger charge is 2.25. The highest BCUT2D eigenvalue weighted by Crippen LogP contribution is 2.31. The molecule has 0 aromatic heterocycles. The molecule has 0 spiro atoms. The summed E-state index contributed by atoms with van der Waals surface area (Å²) >= 11 is 0. The molecule has 1 aliphatic heterocycles. The lowest BCUT2D eigenvalue weighted by Crippen LogP contribution is -2.42. The van der Waals surface area contributed by atoms with E-state index in [0.29, 0.717) is 18.8 Å². The van der Waals surface area contributed by atoms with Crippen LogP contribution in [-0.2, 0) is 4.79 Å². The topological polar surface area (TPSA) is 68.8 Å². The first-order valence-electron chi connectivity index (χ1n) is 9.84. The number of nitrogens with one attached hydrogen (secondary N) is 2. The number of anilines is 1. The first kappa shape index (κ1) is 19.8. The van der Waals surface area contributed by atoms with E-state index in [1.165, 1.54) is 0 Å². The Kier molecular flexibility index (Phi) is 6.15. The smallest absolute Gasteiger partial charge is 0.246 e. The molecule has 0 saturated carbocycles. The molecule has 0 bridgehead atoms. The zero-order valence-electron chi connectivity index (χ0n) is 16.7. The van der Waals surface area contributed by atoms with Crippen molar-refractivity contribution in [3.05, 3.63) is 84.4 Å². The van der Waals surface area contributed by atoms with E-state index < -0.39 is 6.04 Å². The summed E-state index contributed by atoms with van der Waals surface area (Å²) in [5, 5.41) is 6.30. The lowest BCUT2D eigenvalue weighted by molar-refractivity contribution is -0.118. The number of carbonyl (C=O) groups excluding carboxylic acids is 1. The second-order valence-corrected chi connectivity index (χ2v) is 6.97. The van der Waals surface area contributed by atoms with E-state index in [1.807, 2.05) is 78.9 Å². The van der Waals surface area contributed by atoms with Crippen molar-refractivity contribution in [3.63, 3.8) is 0 Å². The Morgan fingerprint density at radius 2 is 1.70 bits per heavy atom. The second kappa shape index (κ2) is 9.33. The Balaban J connectivity index is 1.44. The van der Waals surface area contributed by atoms with Crippen LogP contribution in [0.5, 0.6) is 17.2 Å². The van der Waals surface area contributed by atoms with Gasteiger partial charge in [-0.15, -0.1) is 0 Å². The van der Waals surface area contributed by atoms with Crippen molar-refractivity contribution in [1.82, 2.24) is 5.32 Å². The van der Waals surface area contributed by atoms with Gasteiger partial charge in [0.05, 0.1) is 7.11 Å². The number of carbonyl (C=O) groups is 1. The molecule has 2 unspecified atom stereocenters. The van der Waals surface area contributed by atoms with Gasteiger partial charge in [0, 0.05) is 12.2 Å². The highest BCUT2D eigenvalue weighted by molar-refractivity contribution is 5.95. The molecule has 6 heteroatoms. The number of hydrogen-bond acceptors (Lipinski definition) is 5. The largest absolute Gasteiger partial charge is 0.497 e. The van der Waals surface area contributed by atoms with E-state index in [4.69, 9.17) is 14.2 Å². The average molecular weight is 404 g/mol. The van der Waals surface area contributed by atoms with Gasteiger partial charge >= 0.3 is 0 Å². The predicted molar refractivity (Wildman–Crippen MR) is 115 cm³/mol. The van der Waals surface area contributed by atoms with E-state index in [-0.39, 0.29) is 12.0 Å². The van der Waals surface area contributed by atoms with Crippen molar-refractivity contribution in [2.75, 3.05) is 25.6 Å². The quantitative estimate of drug-likeness (QED) is 0.627. The number of fused-ring (bicyclic) bond motifs is 1. The number of benzene rings is 3. The molecule has 154 valence electrons. The van der Waals surface area contributed by atoms with Crippen LogP contribution in [0.1, 0.15) is 11.6 Å². The summed E-state index contributed by atoms with van der Waals surface area (Å²) in [6.07, 6.45) is -0.195. The summed E-state index contributed by atoms with van der Waals surface area (Å²) in [4.78, 5) is 13.1. The molecule has 1 heterocycles. The maximum atomic E-state index is 13.1. The number of amides is 1. The van der Waals surface area contributed by atoms with Gasteiger partial charge in [0.15, 0.2) is 11.5 Å². The Morgan fingerprint density at radius 3 is 2.43 bits per heavy atom. The number of rotatable bonds is 7. The van der Waals surface area contributed by atoms with E-state index in [9.17, 15) is 4.79 Å². The molecule has 0 radical (unpaired) electrons. The minimum Gasteiger partial charge on any atom is -0.497 e. The van der Waals surface area contributed by atoms with Crippen LogP contribution in [0.3, 0.4) is 0 Å². The SMILES string of the molecule is COc1ccc(NC(=O)C(NCC2COc3ccccc3O2)c2ccccc2)cc1. The van der Waals surface area contributed by atoms with E-state index in [0.717, 1.165) is 22.8 Å². The van der Waals surface area contributed by atoms with Gasteiger partial charge in [0.1, 0.15) is 24.5 Å². The van der Waals surface area contributed by atoms with Crippen LogP contribution >= 0.6 is 0 Å². The Labute approximate surface area is 175 Å². The van der Waals surface area contributed by atoms with Crippen LogP contribution in [0.4, 0.5) is 5.69 Å². The summed E-state index contributed by atoms with van der Waals surface area (Å²) in [6.45, 7) is 0.884. The number of para-hydroxylation sites is 2. The Bertz CT molecular complexity index is 976. The second-order valence-electron chi connectivity index (χ2n) is 6.97. The van der Waals surface area contributed by atoms with E-state index >= 15 is 0 Å². The molecule has 0 saturated heterocycles. The monoisotopic (exact) mass is 404 g/mol. The molecular formula is C24H24N2O4. The molecule has 3 aromatic carbocycles. The third-order valence-corrected chi connectivity index (χ3v) is 4.87. The Hall–Kier alpha value is -3.51. The van der Waals surface area contributed by atoms with Crippen molar-refractivity contribution in [2.45, 2.75) is 12.1 Å². The maximum Gasteiger partial charge on any atom is 0.246 e. The van der Waals surface area contributed by atoms with Crippen LogP contribution in [-0.4, -0.2) is 32.3 Å². The molecule has 2 N–H and O–H groups in total. The summed E-state index contributed by atoms with van der Waals surface area (Å²) in [5.41, 5.74) is 1.58. The first-order chi connectivity index (χ1) is 14.7. The fourth-order valence-electron chi connectivity index (χ4n) is 3.31. The van der Waals surface area contributed by atoms with Crippen LogP contribution < -0.4 is 24.8 Å². The van der Waals surface area contributed by atoms with Crippen LogP contribution in [0.15, 0.2) is 78.9 Å². The van der Waals surface area contributed by atoms with E-state index in [2.05, 4.69) is 10.6 Å². The van der Waals surface area contributed by atoms with Crippen LogP contribution in [0, 0.1) is 0 Å². The molecule has 1 amide bonds. The minimum atomic E-state index is -0.533. The molecule has 2 atom stereocenters. The molecule has 0 aliphatic carbocycles. The third kappa shape index (κ3) is 4.72. The summed E-state index contributed by atoms with van der Waals surface area (Å²) in [7, 11) is 1.61. The first-order valence-corrected chi connectivity index (χ1v) is 9.84. The van der Waals surface area contributed by atoms with E-state index in [1.54, 1.807) is 7.11 Å². The summed E-state index contributed by atoms with van der Waals surface area (Å²) in [6, 6.07) is 23.9. The number of ether oxygens (including phenoxy) is 3. The number of hydrogen-bond donors (Lipinski definition) is 2. The lowest BCUT2D eigenvalue weighted by atomic mass is 10.1. The summed E-state index contributed by atoms with van der Waals surface area (Å²) in [5.74, 6) is 2.05. The van der Waals surface area contributed by atoms with Gasteiger partial charge in [-0.1, -0.05) is 42.5 Å². The van der Waals surface area contributed by atoms with Gasteiger partial charge in [-0.3, -0.25) is 10.1 Å². The van der Waals surface area contributed by atoms with Crippen molar-refractivity contribution >= 4 is 11.6 Å². The van der Waals surface area contributed by atoms with Crippen molar-refractivity contribution < 1.29 is 19.0 Å². The predicted octanol–water partition coefficient (Wildman–Crippen LogP) is 3.80. The normalized spacial score (nSPS) is 15.8. The maximum absolute atomic E-state index is 13.1. The molecule has 30 heavy (non-hydrogen) atoms. The molecule has 6 nitrogen and oxygen atoms in total. The molecule has 0 fully saturated rings. The zero-order chi connectivity index (χ0) is 20.8. The summed E-state index contributed by atoms with van der Waals surface area (Å²) < 4.78 is 17.0. The van der Waals surface area contributed by atoms with Gasteiger partial charge < -0.3 is 19.5 Å². The fourth-order valence-corrected chi connectivity index (χ4v) is 3.31. The number of methoxy groups -OCH3 is 1. The van der Waals surface area contributed by atoms with Gasteiger partial charge in [-0.2, -0.15) is 0 Å². The van der Waals surface area contributed by atoms with Gasteiger partial charge in [0.2, 0.25) is 5.91 Å². The van der Waals surface area contributed by atoms with Gasteiger partial charge in [-0.25, -0.2) is 0 Å². The van der Waals surface area contributed by atoms with Gasteiger partial charge in [0.25, 0.3) is 0 Å². The van der Waals surface area contributed by atoms with Crippen molar-refractivity contribution in [1.29, 1.82) is 0 Å². The molecule has 4 rings (SSSR count). The highest BCUT2D eigenvalue weighted by atomic mass is 16.6. The minimum absolute atomic E-state index is 0.150. The van der Waals surface area contributed by atoms with Crippen LogP contribution in [0.25, 0.3) is 0 Å². The fraction of sp³-hybridized carbons (Fsp3) is 0.208.